The molecule has 0 aliphatic carbocycles. The summed E-state index contributed by atoms with van der Waals surface area (Å²) in [5.74, 6) is 0. The first kappa shape index (κ1) is 9.21. The Morgan fingerprint density at radius 2 is 1.62 bits per heavy atom. The van der Waals surface area contributed by atoms with Gasteiger partial charge in [0.2, 0.25) is 0 Å². The van der Waals surface area contributed by atoms with Crippen LogP contribution in [0.1, 0.15) is 0 Å². The van der Waals surface area contributed by atoms with E-state index in [0.717, 1.165) is 16.4 Å². The van der Waals surface area contributed by atoms with Crippen LogP contribution in [-0.2, 0) is 0 Å². The van der Waals surface area contributed by atoms with Gasteiger partial charge in [0.1, 0.15) is 11.3 Å². The second-order valence-electron chi connectivity index (χ2n) is 3.54. The number of hydrogen-bond acceptors (Lipinski definition) is 4. The number of furan rings is 1. The Morgan fingerprint density at radius 3 is 2.44 bits per heavy atom. The zero-order valence-electron chi connectivity index (χ0n) is 8.29. The number of para-hydroxylation sites is 2. The van der Waals surface area contributed by atoms with Crippen LogP contribution in [0.4, 0.5) is 5.69 Å². The smallest absolute Gasteiger partial charge is 0.163 e. The van der Waals surface area contributed by atoms with E-state index in [1.807, 2.05) is 30.3 Å². The lowest BCUT2D eigenvalue weighted by molar-refractivity contribution is 0.0295. The van der Waals surface area contributed by atoms with Crippen LogP contribution in [0.5, 0.6) is 0 Å². The summed E-state index contributed by atoms with van der Waals surface area (Å²) in [6.07, 6.45) is 0. The van der Waals surface area contributed by atoms with Crippen LogP contribution >= 0.6 is 0 Å². The monoisotopic (exact) mass is 215 g/mol. The summed E-state index contributed by atoms with van der Waals surface area (Å²) in [6, 6.07) is 12.8. The van der Waals surface area contributed by atoms with Gasteiger partial charge in [0, 0.05) is 10.8 Å². The van der Waals surface area contributed by atoms with E-state index >= 15 is 0 Å². The Hall–Kier alpha value is -2.04. The lowest BCUT2D eigenvalue weighted by Gasteiger charge is -2.06. The second kappa shape index (κ2) is 3.23. The quantitative estimate of drug-likeness (QED) is 0.612. The molecule has 0 amide bonds. The van der Waals surface area contributed by atoms with E-state index < -0.39 is 0 Å². The Labute approximate surface area is 90.8 Å². The van der Waals surface area contributed by atoms with Crippen molar-refractivity contribution < 1.29 is 14.8 Å². The highest BCUT2D eigenvalue weighted by Gasteiger charge is 2.12. The van der Waals surface area contributed by atoms with Crippen LogP contribution in [0.2, 0.25) is 0 Å². The van der Waals surface area contributed by atoms with Crippen molar-refractivity contribution in [2.45, 2.75) is 0 Å². The molecule has 3 rings (SSSR count). The molecule has 0 aliphatic heterocycles. The van der Waals surface area contributed by atoms with Gasteiger partial charge in [-0.05, 0) is 12.1 Å². The minimum absolute atomic E-state index is 0.0741. The summed E-state index contributed by atoms with van der Waals surface area (Å²) in [5.41, 5.74) is 1.43. The summed E-state index contributed by atoms with van der Waals surface area (Å²) in [5, 5.41) is 20.0. The van der Waals surface area contributed by atoms with Gasteiger partial charge < -0.3 is 4.42 Å². The van der Waals surface area contributed by atoms with Gasteiger partial charge in [-0.25, -0.2) is 0 Å². The molecule has 0 saturated carbocycles. The summed E-state index contributed by atoms with van der Waals surface area (Å²) >= 11 is 0. The van der Waals surface area contributed by atoms with Crippen LogP contribution in [0, 0.1) is 0 Å². The number of fused-ring (bicyclic) bond motifs is 3. The molecular weight excluding hydrogens is 206 g/mol. The zero-order chi connectivity index (χ0) is 11.1. The van der Waals surface area contributed by atoms with E-state index in [-0.39, 0.29) is 10.9 Å². The molecule has 16 heavy (non-hydrogen) atoms. The lowest BCUT2D eigenvalue weighted by Crippen LogP contribution is -2.10. The summed E-state index contributed by atoms with van der Waals surface area (Å²) in [4.78, 5) is 0. The molecule has 4 heteroatoms. The maximum Gasteiger partial charge on any atom is 0.163 e. The molecule has 2 N–H and O–H groups in total. The fourth-order valence-electron chi connectivity index (χ4n) is 1.89. The molecule has 1 heterocycles. The Balaban J connectivity index is 2.49. The average Bonchev–Trinajstić information content (AvgIpc) is 2.67. The summed E-state index contributed by atoms with van der Waals surface area (Å²) in [6.45, 7) is 0. The van der Waals surface area contributed by atoms with Crippen molar-refractivity contribution in [3.05, 3.63) is 42.5 Å². The topological polar surface area (TPSA) is 56.8 Å². The molecular formula is C12H9NO3. The van der Waals surface area contributed by atoms with Crippen molar-refractivity contribution in [3.8, 4) is 0 Å². The molecule has 2 aromatic carbocycles. The number of rotatable bonds is 1. The van der Waals surface area contributed by atoms with E-state index in [2.05, 4.69) is 0 Å². The van der Waals surface area contributed by atoms with Crippen molar-refractivity contribution >= 4 is 27.6 Å². The summed E-state index contributed by atoms with van der Waals surface area (Å²) in [7, 11) is 0. The second-order valence-corrected chi connectivity index (χ2v) is 3.54. The average molecular weight is 215 g/mol. The van der Waals surface area contributed by atoms with E-state index in [1.54, 1.807) is 12.1 Å². The first-order valence-electron chi connectivity index (χ1n) is 4.85. The molecule has 0 bridgehead atoms. The molecule has 0 saturated heterocycles. The molecule has 4 nitrogen and oxygen atoms in total. The highest BCUT2D eigenvalue weighted by atomic mass is 16.8. The van der Waals surface area contributed by atoms with Crippen molar-refractivity contribution in [2.24, 2.45) is 0 Å². The zero-order valence-corrected chi connectivity index (χ0v) is 8.29. The molecule has 0 spiro atoms. The van der Waals surface area contributed by atoms with Crippen LogP contribution in [0.3, 0.4) is 0 Å². The third-order valence-corrected chi connectivity index (χ3v) is 2.60. The highest BCUT2D eigenvalue weighted by molar-refractivity contribution is 6.08. The van der Waals surface area contributed by atoms with Crippen molar-refractivity contribution in [3.63, 3.8) is 0 Å². The number of benzene rings is 2. The third kappa shape index (κ3) is 1.18. The molecule has 0 fully saturated rings. The number of hydrogen-bond donors (Lipinski definition) is 2. The number of anilines is 1. The minimum Gasteiger partial charge on any atom is -0.454 e. The predicted molar refractivity (Wildman–Crippen MR) is 59.8 cm³/mol. The Bertz CT molecular complexity index is 657. The predicted octanol–water partition coefficient (Wildman–Crippen LogP) is 3.17. The van der Waals surface area contributed by atoms with Gasteiger partial charge in [-0.3, -0.25) is 10.4 Å². The standard InChI is InChI=1S/C12H9NO3/c14-13(15)10-6-3-5-9-8-4-1-2-7-11(8)16-12(9)10/h1-7,14-15H. The Morgan fingerprint density at radius 1 is 0.875 bits per heavy atom. The molecule has 80 valence electrons. The van der Waals surface area contributed by atoms with Gasteiger partial charge in [0.05, 0.1) is 0 Å². The van der Waals surface area contributed by atoms with Gasteiger partial charge in [0.15, 0.2) is 5.58 Å². The molecule has 3 aromatic rings. The maximum atomic E-state index is 9.08. The van der Waals surface area contributed by atoms with E-state index in [0.29, 0.717) is 5.58 Å². The van der Waals surface area contributed by atoms with Gasteiger partial charge in [-0.1, -0.05) is 30.3 Å². The van der Waals surface area contributed by atoms with Gasteiger partial charge in [-0.15, -0.1) is 5.23 Å². The lowest BCUT2D eigenvalue weighted by atomic mass is 10.1. The van der Waals surface area contributed by atoms with Crippen molar-refractivity contribution in [1.82, 2.24) is 0 Å². The molecule has 0 atom stereocenters. The first-order chi connectivity index (χ1) is 7.77. The molecule has 0 unspecified atom stereocenters. The number of nitrogens with zero attached hydrogens (tertiary/aromatic N) is 1. The minimum atomic E-state index is 0.0741. The summed E-state index contributed by atoms with van der Waals surface area (Å²) < 4.78 is 5.58. The van der Waals surface area contributed by atoms with Crippen LogP contribution in [-0.4, -0.2) is 10.4 Å². The molecule has 1 aromatic heterocycles. The van der Waals surface area contributed by atoms with Gasteiger partial charge in [-0.2, -0.15) is 0 Å². The highest BCUT2D eigenvalue weighted by Crippen LogP contribution is 2.33. The van der Waals surface area contributed by atoms with Crippen LogP contribution in [0.25, 0.3) is 21.9 Å². The van der Waals surface area contributed by atoms with E-state index in [1.165, 1.54) is 0 Å². The van der Waals surface area contributed by atoms with Crippen molar-refractivity contribution in [2.75, 3.05) is 5.23 Å². The van der Waals surface area contributed by atoms with Gasteiger partial charge in [0.25, 0.3) is 0 Å². The molecule has 0 aliphatic rings. The molecule has 0 radical (unpaired) electrons. The van der Waals surface area contributed by atoms with Crippen molar-refractivity contribution in [1.29, 1.82) is 0 Å². The van der Waals surface area contributed by atoms with Crippen LogP contribution < -0.4 is 5.23 Å². The fraction of sp³-hybridized carbons (Fsp3) is 0. The first-order valence-corrected chi connectivity index (χ1v) is 4.85. The SMILES string of the molecule is ON(O)c1cccc2c1oc1ccccc12. The largest absolute Gasteiger partial charge is 0.454 e. The van der Waals surface area contributed by atoms with E-state index in [9.17, 15) is 0 Å². The van der Waals surface area contributed by atoms with E-state index in [4.69, 9.17) is 14.8 Å². The normalized spacial score (nSPS) is 11.1. The fourth-order valence-corrected chi connectivity index (χ4v) is 1.89. The third-order valence-electron chi connectivity index (χ3n) is 2.60. The maximum absolute atomic E-state index is 9.08. The Kier molecular flexibility index (Phi) is 1.86. The van der Waals surface area contributed by atoms with Crippen LogP contribution in [0.15, 0.2) is 46.9 Å². The van der Waals surface area contributed by atoms with Gasteiger partial charge >= 0.3 is 0 Å².